The van der Waals surface area contributed by atoms with Gasteiger partial charge in [-0.3, -0.25) is 0 Å². The molecule has 2 atom stereocenters. The number of aliphatic hydroxyl groups excluding tert-OH is 1. The van der Waals surface area contributed by atoms with E-state index in [1.54, 1.807) is 0 Å². The highest BCUT2D eigenvalue weighted by Crippen LogP contribution is 2.25. The van der Waals surface area contributed by atoms with Crippen LogP contribution in [0, 0.1) is 0 Å². The lowest BCUT2D eigenvalue weighted by molar-refractivity contribution is 0.0888. The quantitative estimate of drug-likeness (QED) is 0.456. The summed E-state index contributed by atoms with van der Waals surface area (Å²) >= 11 is 0. The minimum atomic E-state index is 0.121. The number of rotatable bonds is 6. The lowest BCUT2D eigenvalue weighted by Crippen LogP contribution is -2.02. The van der Waals surface area contributed by atoms with Crippen molar-refractivity contribution in [2.45, 2.75) is 32.0 Å². The van der Waals surface area contributed by atoms with Crippen LogP contribution in [0.2, 0.25) is 0 Å². The van der Waals surface area contributed by atoms with Gasteiger partial charge in [-0.05, 0) is 19.8 Å². The summed E-state index contributed by atoms with van der Waals surface area (Å²) in [5.41, 5.74) is 0. The fourth-order valence-corrected chi connectivity index (χ4v) is 1.09. The van der Waals surface area contributed by atoms with Crippen LogP contribution in [0.1, 0.15) is 19.8 Å². The molecule has 3 nitrogen and oxygen atoms in total. The van der Waals surface area contributed by atoms with Crippen LogP contribution in [-0.4, -0.2) is 37.1 Å². The first-order valence-corrected chi connectivity index (χ1v) is 4.18. The van der Waals surface area contributed by atoms with Crippen molar-refractivity contribution in [3.8, 4) is 0 Å². The summed E-state index contributed by atoms with van der Waals surface area (Å²) < 4.78 is 10.3. The number of hydrogen-bond acceptors (Lipinski definition) is 3. The molecule has 0 saturated carbocycles. The van der Waals surface area contributed by atoms with Gasteiger partial charge in [0.05, 0.1) is 25.4 Å². The van der Waals surface area contributed by atoms with Crippen LogP contribution in [0.5, 0.6) is 0 Å². The molecule has 1 rings (SSSR count). The predicted molar refractivity (Wildman–Crippen MR) is 41.5 cm³/mol. The van der Waals surface area contributed by atoms with Crippen molar-refractivity contribution in [2.24, 2.45) is 0 Å². The summed E-state index contributed by atoms with van der Waals surface area (Å²) in [7, 11) is 0. The van der Waals surface area contributed by atoms with Gasteiger partial charge in [-0.15, -0.1) is 0 Å². The average Bonchev–Trinajstić information content (AvgIpc) is 2.67. The van der Waals surface area contributed by atoms with E-state index in [0.717, 1.165) is 19.4 Å². The van der Waals surface area contributed by atoms with Crippen LogP contribution in [0.25, 0.3) is 0 Å². The molecular formula is C8H16O3. The van der Waals surface area contributed by atoms with Gasteiger partial charge in [0.2, 0.25) is 0 Å². The molecule has 2 unspecified atom stereocenters. The zero-order valence-corrected chi connectivity index (χ0v) is 6.95. The van der Waals surface area contributed by atoms with E-state index >= 15 is 0 Å². The maximum Gasteiger partial charge on any atom is 0.0839 e. The Morgan fingerprint density at radius 3 is 2.73 bits per heavy atom. The summed E-state index contributed by atoms with van der Waals surface area (Å²) in [5, 5.41) is 8.38. The van der Waals surface area contributed by atoms with Crippen LogP contribution in [0.4, 0.5) is 0 Å². The van der Waals surface area contributed by atoms with Crippen molar-refractivity contribution in [1.82, 2.24) is 0 Å². The number of ether oxygens (including phenoxy) is 2. The minimum absolute atomic E-state index is 0.121. The van der Waals surface area contributed by atoms with Gasteiger partial charge in [-0.1, -0.05) is 0 Å². The Labute approximate surface area is 67.3 Å². The third-order valence-corrected chi connectivity index (χ3v) is 1.85. The smallest absolute Gasteiger partial charge is 0.0839 e. The number of hydrogen-bond donors (Lipinski definition) is 1. The summed E-state index contributed by atoms with van der Waals surface area (Å²) in [6.07, 6.45) is 3.07. The predicted octanol–water partition coefficient (Wildman–Crippen LogP) is 0.563. The molecular weight excluding hydrogens is 144 g/mol. The highest BCUT2D eigenvalue weighted by Gasteiger charge is 2.32. The molecule has 0 aromatic carbocycles. The van der Waals surface area contributed by atoms with Gasteiger partial charge < -0.3 is 14.6 Å². The molecule has 0 aromatic heterocycles. The van der Waals surface area contributed by atoms with Gasteiger partial charge in [0.1, 0.15) is 0 Å². The molecule has 66 valence electrons. The largest absolute Gasteiger partial charge is 0.394 e. The lowest BCUT2D eigenvalue weighted by atomic mass is 10.2. The van der Waals surface area contributed by atoms with Crippen LogP contribution >= 0.6 is 0 Å². The van der Waals surface area contributed by atoms with E-state index in [1.807, 2.05) is 0 Å². The molecule has 1 aliphatic heterocycles. The van der Waals surface area contributed by atoms with Gasteiger partial charge in [0, 0.05) is 6.61 Å². The Hall–Kier alpha value is -0.120. The van der Waals surface area contributed by atoms with Crippen molar-refractivity contribution in [3.63, 3.8) is 0 Å². The lowest BCUT2D eigenvalue weighted by Gasteiger charge is -1.99. The third-order valence-electron chi connectivity index (χ3n) is 1.85. The Balaban J connectivity index is 1.74. The average molecular weight is 160 g/mol. The van der Waals surface area contributed by atoms with Gasteiger partial charge in [-0.25, -0.2) is 0 Å². The second-order valence-electron chi connectivity index (χ2n) is 2.86. The number of aliphatic hydroxyl groups is 1. The summed E-state index contributed by atoms with van der Waals surface area (Å²) in [5.74, 6) is 0. The van der Waals surface area contributed by atoms with Crippen molar-refractivity contribution in [3.05, 3.63) is 0 Å². The first kappa shape index (κ1) is 8.97. The topological polar surface area (TPSA) is 42.0 Å². The van der Waals surface area contributed by atoms with Crippen LogP contribution in [0.15, 0.2) is 0 Å². The first-order chi connectivity index (χ1) is 5.34. The molecule has 0 bridgehead atoms. The summed E-state index contributed by atoms with van der Waals surface area (Å²) in [6.45, 7) is 3.41. The maximum absolute atomic E-state index is 8.38. The molecule has 1 fully saturated rings. The van der Waals surface area contributed by atoms with Crippen molar-refractivity contribution < 1.29 is 14.6 Å². The molecule has 0 spiro atoms. The van der Waals surface area contributed by atoms with Crippen LogP contribution in [-0.2, 0) is 9.47 Å². The Bertz CT molecular complexity index is 106. The maximum atomic E-state index is 8.38. The molecule has 1 heterocycles. The van der Waals surface area contributed by atoms with Gasteiger partial charge in [-0.2, -0.15) is 0 Å². The van der Waals surface area contributed by atoms with Crippen LogP contribution in [0.3, 0.4) is 0 Å². The Kier molecular flexibility index (Phi) is 3.83. The zero-order chi connectivity index (χ0) is 8.10. The SMILES string of the molecule is CC1OC1CCCOCCO. The Morgan fingerprint density at radius 1 is 1.45 bits per heavy atom. The summed E-state index contributed by atoms with van der Waals surface area (Å²) in [4.78, 5) is 0. The van der Waals surface area contributed by atoms with E-state index < -0.39 is 0 Å². The zero-order valence-electron chi connectivity index (χ0n) is 6.95. The monoisotopic (exact) mass is 160 g/mol. The minimum Gasteiger partial charge on any atom is -0.394 e. The van der Waals surface area contributed by atoms with Gasteiger partial charge in [0.15, 0.2) is 0 Å². The molecule has 1 saturated heterocycles. The van der Waals surface area contributed by atoms with Crippen LogP contribution < -0.4 is 0 Å². The van der Waals surface area contributed by atoms with Gasteiger partial charge in [0.25, 0.3) is 0 Å². The standard InChI is InChI=1S/C8H16O3/c1-7-8(11-7)3-2-5-10-6-4-9/h7-9H,2-6H2,1H3. The highest BCUT2D eigenvalue weighted by molar-refractivity contribution is 4.79. The molecule has 3 heteroatoms. The fourth-order valence-electron chi connectivity index (χ4n) is 1.09. The molecule has 1 N–H and O–H groups in total. The Morgan fingerprint density at radius 2 is 2.18 bits per heavy atom. The molecule has 0 aliphatic carbocycles. The molecule has 0 aromatic rings. The van der Waals surface area contributed by atoms with E-state index in [2.05, 4.69) is 6.92 Å². The van der Waals surface area contributed by atoms with E-state index in [1.165, 1.54) is 0 Å². The van der Waals surface area contributed by atoms with E-state index in [0.29, 0.717) is 18.8 Å². The van der Waals surface area contributed by atoms with E-state index in [4.69, 9.17) is 14.6 Å². The van der Waals surface area contributed by atoms with Crippen molar-refractivity contribution >= 4 is 0 Å². The normalized spacial score (nSPS) is 28.9. The fraction of sp³-hybridized carbons (Fsp3) is 1.00. The first-order valence-electron chi connectivity index (χ1n) is 4.18. The molecule has 0 amide bonds. The molecule has 11 heavy (non-hydrogen) atoms. The highest BCUT2D eigenvalue weighted by atomic mass is 16.6. The second-order valence-corrected chi connectivity index (χ2v) is 2.86. The van der Waals surface area contributed by atoms with E-state index in [-0.39, 0.29) is 6.61 Å². The number of epoxide rings is 1. The van der Waals surface area contributed by atoms with E-state index in [9.17, 15) is 0 Å². The third kappa shape index (κ3) is 3.70. The second kappa shape index (κ2) is 4.70. The molecule has 0 radical (unpaired) electrons. The van der Waals surface area contributed by atoms with Crippen molar-refractivity contribution in [1.29, 1.82) is 0 Å². The molecule has 1 aliphatic rings. The summed E-state index contributed by atoms with van der Waals surface area (Å²) in [6, 6.07) is 0. The van der Waals surface area contributed by atoms with Crippen molar-refractivity contribution in [2.75, 3.05) is 19.8 Å². The van der Waals surface area contributed by atoms with Gasteiger partial charge >= 0.3 is 0 Å².